The molecule has 0 saturated heterocycles. The van der Waals surface area contributed by atoms with Crippen LogP contribution in [-0.2, 0) is 13.0 Å². The molecule has 7 nitrogen and oxygen atoms in total. The summed E-state index contributed by atoms with van der Waals surface area (Å²) in [7, 11) is 5.29. The van der Waals surface area contributed by atoms with Crippen molar-refractivity contribution in [2.75, 3.05) is 34.2 Å². The SMILES string of the molecule is CN=C(NCCc1cccc(C(=O)N(C)C)c1)NCC(C)Cn1cccn1.I. The molecule has 0 aliphatic heterocycles. The van der Waals surface area contributed by atoms with Crippen molar-refractivity contribution in [3.8, 4) is 0 Å². The van der Waals surface area contributed by atoms with Gasteiger partial charge in [-0.05, 0) is 36.1 Å². The van der Waals surface area contributed by atoms with E-state index in [0.717, 1.165) is 37.6 Å². The monoisotopic (exact) mass is 498 g/mol. The van der Waals surface area contributed by atoms with Gasteiger partial charge in [0.2, 0.25) is 0 Å². The van der Waals surface area contributed by atoms with E-state index in [-0.39, 0.29) is 29.9 Å². The van der Waals surface area contributed by atoms with Crippen LogP contribution in [0.25, 0.3) is 0 Å². The number of carbonyl (C=O) groups is 1. The van der Waals surface area contributed by atoms with Crippen LogP contribution < -0.4 is 10.6 Å². The van der Waals surface area contributed by atoms with Crippen molar-refractivity contribution in [3.63, 3.8) is 0 Å². The van der Waals surface area contributed by atoms with Gasteiger partial charge < -0.3 is 15.5 Å². The zero-order valence-corrected chi connectivity index (χ0v) is 19.4. The predicted molar refractivity (Wildman–Crippen MR) is 124 cm³/mol. The van der Waals surface area contributed by atoms with Gasteiger partial charge in [-0.1, -0.05) is 19.1 Å². The summed E-state index contributed by atoms with van der Waals surface area (Å²) in [5, 5.41) is 10.9. The highest BCUT2D eigenvalue weighted by molar-refractivity contribution is 14.0. The number of guanidine groups is 1. The predicted octanol–water partition coefficient (Wildman–Crippen LogP) is 2.25. The second-order valence-corrected chi connectivity index (χ2v) is 6.86. The van der Waals surface area contributed by atoms with Crippen LogP contribution in [0.15, 0.2) is 47.7 Å². The maximum atomic E-state index is 12.1. The molecule has 0 spiro atoms. The van der Waals surface area contributed by atoms with Gasteiger partial charge in [0, 0.05) is 58.7 Å². The van der Waals surface area contributed by atoms with Crippen LogP contribution in [0.1, 0.15) is 22.8 Å². The van der Waals surface area contributed by atoms with E-state index in [4.69, 9.17) is 0 Å². The molecule has 0 saturated carbocycles. The van der Waals surface area contributed by atoms with Crippen molar-refractivity contribution in [2.45, 2.75) is 19.9 Å². The number of aliphatic imine (C=N–C) groups is 1. The van der Waals surface area contributed by atoms with Gasteiger partial charge in [-0.3, -0.25) is 14.5 Å². The lowest BCUT2D eigenvalue weighted by atomic mass is 10.1. The average molecular weight is 498 g/mol. The minimum Gasteiger partial charge on any atom is -0.356 e. The molecular formula is C20H31IN6O. The van der Waals surface area contributed by atoms with E-state index in [0.29, 0.717) is 11.5 Å². The standard InChI is InChI=1S/C20H30N6O.HI/c1-16(15-26-12-6-10-24-26)14-23-20(21-2)22-11-9-17-7-5-8-18(13-17)19(27)25(3)4;/h5-8,10,12-13,16H,9,11,14-15H2,1-4H3,(H2,21,22,23);1H. The molecule has 2 aromatic rings. The molecule has 1 aromatic heterocycles. The molecule has 1 amide bonds. The van der Waals surface area contributed by atoms with Gasteiger partial charge in [-0.2, -0.15) is 5.10 Å². The van der Waals surface area contributed by atoms with Gasteiger partial charge in [-0.25, -0.2) is 0 Å². The lowest BCUT2D eigenvalue weighted by Gasteiger charge is -2.16. The molecule has 8 heteroatoms. The van der Waals surface area contributed by atoms with Crippen LogP contribution >= 0.6 is 24.0 Å². The van der Waals surface area contributed by atoms with E-state index in [2.05, 4.69) is 27.6 Å². The molecule has 1 atom stereocenters. The Morgan fingerprint density at radius 1 is 1.29 bits per heavy atom. The maximum absolute atomic E-state index is 12.1. The smallest absolute Gasteiger partial charge is 0.253 e. The van der Waals surface area contributed by atoms with E-state index in [9.17, 15) is 4.79 Å². The molecule has 1 heterocycles. The zero-order chi connectivity index (χ0) is 19.6. The number of carbonyl (C=O) groups excluding carboxylic acids is 1. The number of hydrogen-bond donors (Lipinski definition) is 2. The summed E-state index contributed by atoms with van der Waals surface area (Å²) >= 11 is 0. The molecule has 2 rings (SSSR count). The second-order valence-electron chi connectivity index (χ2n) is 6.86. The number of amides is 1. The molecule has 2 N–H and O–H groups in total. The van der Waals surface area contributed by atoms with Gasteiger partial charge in [0.25, 0.3) is 5.91 Å². The van der Waals surface area contributed by atoms with Crippen LogP contribution in [0.3, 0.4) is 0 Å². The molecule has 0 aliphatic rings. The lowest BCUT2D eigenvalue weighted by Crippen LogP contribution is -2.40. The van der Waals surface area contributed by atoms with Gasteiger partial charge in [-0.15, -0.1) is 24.0 Å². The first kappa shape index (κ1) is 23.9. The molecular weight excluding hydrogens is 467 g/mol. The van der Waals surface area contributed by atoms with Crippen LogP contribution in [0, 0.1) is 5.92 Å². The highest BCUT2D eigenvalue weighted by Crippen LogP contribution is 2.07. The molecule has 0 radical (unpaired) electrons. The van der Waals surface area contributed by atoms with Gasteiger partial charge in [0.1, 0.15) is 0 Å². The minimum absolute atomic E-state index is 0. The number of benzene rings is 1. The Morgan fingerprint density at radius 3 is 2.71 bits per heavy atom. The second kappa shape index (κ2) is 12.4. The van der Waals surface area contributed by atoms with Gasteiger partial charge >= 0.3 is 0 Å². The molecule has 0 bridgehead atoms. The van der Waals surface area contributed by atoms with Crippen molar-refractivity contribution < 1.29 is 4.79 Å². The number of halogens is 1. The number of nitrogens with zero attached hydrogens (tertiary/aromatic N) is 4. The van der Waals surface area contributed by atoms with E-state index in [1.165, 1.54) is 0 Å². The number of hydrogen-bond acceptors (Lipinski definition) is 3. The minimum atomic E-state index is 0. The number of rotatable bonds is 8. The Morgan fingerprint density at radius 2 is 2.07 bits per heavy atom. The van der Waals surface area contributed by atoms with E-state index in [1.807, 2.05) is 41.2 Å². The van der Waals surface area contributed by atoms with Crippen molar-refractivity contribution in [3.05, 3.63) is 53.9 Å². The third kappa shape index (κ3) is 7.87. The molecule has 0 aliphatic carbocycles. The van der Waals surface area contributed by atoms with Gasteiger partial charge in [0.05, 0.1) is 0 Å². The quantitative estimate of drug-likeness (QED) is 0.333. The summed E-state index contributed by atoms with van der Waals surface area (Å²) in [5.41, 5.74) is 1.84. The first-order valence-electron chi connectivity index (χ1n) is 9.22. The zero-order valence-electron chi connectivity index (χ0n) is 17.1. The van der Waals surface area contributed by atoms with Crippen molar-refractivity contribution >= 4 is 35.8 Å². The Hall–Kier alpha value is -2.10. The normalized spacial score (nSPS) is 12.1. The van der Waals surface area contributed by atoms with Crippen molar-refractivity contribution in [1.29, 1.82) is 0 Å². The Bertz CT molecular complexity index is 745. The molecule has 1 unspecified atom stereocenters. The van der Waals surface area contributed by atoms with E-state index < -0.39 is 0 Å². The third-order valence-electron chi connectivity index (χ3n) is 4.19. The summed E-state index contributed by atoms with van der Waals surface area (Å²) in [6.07, 6.45) is 4.58. The summed E-state index contributed by atoms with van der Waals surface area (Å²) in [5.74, 6) is 1.23. The first-order chi connectivity index (χ1) is 13.0. The Labute approximate surface area is 184 Å². The van der Waals surface area contributed by atoms with Gasteiger partial charge in [0.15, 0.2) is 5.96 Å². The fraction of sp³-hybridized carbons (Fsp3) is 0.450. The highest BCUT2D eigenvalue weighted by atomic mass is 127. The van der Waals surface area contributed by atoms with E-state index >= 15 is 0 Å². The number of nitrogens with one attached hydrogen (secondary N) is 2. The topological polar surface area (TPSA) is 74.6 Å². The lowest BCUT2D eigenvalue weighted by molar-refractivity contribution is 0.0827. The Balaban J connectivity index is 0.00000392. The molecule has 1 aromatic carbocycles. The highest BCUT2D eigenvalue weighted by Gasteiger charge is 2.08. The van der Waals surface area contributed by atoms with E-state index in [1.54, 1.807) is 32.2 Å². The van der Waals surface area contributed by atoms with Crippen LogP contribution in [0.5, 0.6) is 0 Å². The van der Waals surface area contributed by atoms with Crippen molar-refractivity contribution in [2.24, 2.45) is 10.9 Å². The largest absolute Gasteiger partial charge is 0.356 e. The summed E-state index contributed by atoms with van der Waals surface area (Å²) < 4.78 is 1.94. The van der Waals surface area contributed by atoms with Crippen molar-refractivity contribution in [1.82, 2.24) is 25.3 Å². The summed E-state index contributed by atoms with van der Waals surface area (Å²) in [4.78, 5) is 17.9. The molecule has 154 valence electrons. The Kier molecular flexibility index (Phi) is 10.6. The maximum Gasteiger partial charge on any atom is 0.253 e. The summed E-state index contributed by atoms with van der Waals surface area (Å²) in [6.45, 7) is 4.60. The van der Waals surface area contributed by atoms with Crippen LogP contribution in [-0.4, -0.2) is 60.8 Å². The molecule has 0 fully saturated rings. The van der Waals surface area contributed by atoms with Crippen LogP contribution in [0.4, 0.5) is 0 Å². The fourth-order valence-corrected chi connectivity index (χ4v) is 2.73. The number of aromatic nitrogens is 2. The third-order valence-corrected chi connectivity index (χ3v) is 4.19. The summed E-state index contributed by atoms with van der Waals surface area (Å²) in [6, 6.07) is 9.70. The average Bonchev–Trinajstić information content (AvgIpc) is 3.17. The molecule has 28 heavy (non-hydrogen) atoms. The van der Waals surface area contributed by atoms with Crippen LogP contribution in [0.2, 0.25) is 0 Å². The fourth-order valence-electron chi connectivity index (χ4n) is 2.73. The first-order valence-corrected chi connectivity index (χ1v) is 9.22.